The number of carbonyl (C=O) groups excluding carboxylic acids is 1. The number of nitriles is 1. The first-order chi connectivity index (χ1) is 11.0. The average Bonchev–Trinajstić information content (AvgIpc) is 2.83. The van der Waals surface area contributed by atoms with Crippen LogP contribution < -0.4 is 5.73 Å². The topological polar surface area (TPSA) is 70.1 Å². The molecule has 1 heterocycles. The van der Waals surface area contributed by atoms with Crippen molar-refractivity contribution in [3.05, 3.63) is 58.9 Å². The summed E-state index contributed by atoms with van der Waals surface area (Å²) in [6, 6.07) is 11.6. The second-order valence-electron chi connectivity index (χ2n) is 5.78. The third kappa shape index (κ3) is 2.81. The monoisotopic (exact) mass is 309 g/mol. The van der Waals surface area contributed by atoms with E-state index in [-0.39, 0.29) is 18.1 Å². The van der Waals surface area contributed by atoms with Crippen LogP contribution in [-0.4, -0.2) is 23.9 Å². The van der Waals surface area contributed by atoms with E-state index >= 15 is 0 Å². The van der Waals surface area contributed by atoms with Crippen molar-refractivity contribution >= 4 is 5.91 Å². The SMILES string of the molecule is CN1Cc2cc(-c3ccc(CC(N)C#N)c(F)c3)ccc2C1=O. The zero-order valence-corrected chi connectivity index (χ0v) is 12.7. The van der Waals surface area contributed by atoms with Crippen molar-refractivity contribution in [1.82, 2.24) is 4.90 Å². The molecular weight excluding hydrogens is 293 g/mol. The Kier molecular flexibility index (Phi) is 3.85. The second kappa shape index (κ2) is 5.82. The highest BCUT2D eigenvalue weighted by Gasteiger charge is 2.24. The number of benzene rings is 2. The third-order valence-electron chi connectivity index (χ3n) is 4.08. The van der Waals surface area contributed by atoms with Crippen molar-refractivity contribution in [3.8, 4) is 17.2 Å². The summed E-state index contributed by atoms with van der Waals surface area (Å²) in [6.07, 6.45) is 0.187. The Hall–Kier alpha value is -2.71. The highest BCUT2D eigenvalue weighted by molar-refractivity contribution is 5.98. The quantitative estimate of drug-likeness (QED) is 0.947. The minimum atomic E-state index is -0.711. The molecule has 2 aromatic rings. The van der Waals surface area contributed by atoms with Gasteiger partial charge in [0.1, 0.15) is 5.82 Å². The van der Waals surface area contributed by atoms with Crippen LogP contribution in [-0.2, 0) is 13.0 Å². The number of nitrogens with zero attached hydrogens (tertiary/aromatic N) is 2. The normalized spacial score (nSPS) is 14.5. The number of rotatable bonds is 3. The lowest BCUT2D eigenvalue weighted by Crippen LogP contribution is -2.20. The molecule has 5 heteroatoms. The van der Waals surface area contributed by atoms with Gasteiger partial charge >= 0.3 is 0 Å². The number of amides is 1. The molecule has 1 unspecified atom stereocenters. The predicted octanol–water partition coefficient (Wildman–Crippen LogP) is 2.47. The largest absolute Gasteiger partial charge is 0.337 e. The maximum atomic E-state index is 14.2. The highest BCUT2D eigenvalue weighted by Crippen LogP contribution is 2.28. The predicted molar refractivity (Wildman–Crippen MR) is 84.9 cm³/mol. The first kappa shape index (κ1) is 15.2. The van der Waals surface area contributed by atoms with Crippen LogP contribution in [0.15, 0.2) is 36.4 Å². The van der Waals surface area contributed by atoms with Gasteiger partial charge in [-0.3, -0.25) is 4.79 Å². The molecule has 0 spiro atoms. The third-order valence-corrected chi connectivity index (χ3v) is 4.08. The molecule has 0 fully saturated rings. The van der Waals surface area contributed by atoms with E-state index in [2.05, 4.69) is 0 Å². The number of hydrogen-bond acceptors (Lipinski definition) is 3. The molecule has 1 amide bonds. The first-order valence-corrected chi connectivity index (χ1v) is 7.32. The summed E-state index contributed by atoms with van der Waals surface area (Å²) in [5, 5.41) is 8.72. The van der Waals surface area contributed by atoms with Crippen LogP contribution in [0.1, 0.15) is 21.5 Å². The van der Waals surface area contributed by atoms with Gasteiger partial charge in [0, 0.05) is 25.6 Å². The van der Waals surface area contributed by atoms with E-state index in [1.165, 1.54) is 6.07 Å². The Morgan fingerprint density at radius 1 is 1.30 bits per heavy atom. The Morgan fingerprint density at radius 2 is 2.00 bits per heavy atom. The summed E-state index contributed by atoms with van der Waals surface area (Å²) < 4.78 is 14.2. The Morgan fingerprint density at radius 3 is 2.70 bits per heavy atom. The van der Waals surface area contributed by atoms with E-state index in [4.69, 9.17) is 11.0 Å². The molecule has 23 heavy (non-hydrogen) atoms. The molecule has 3 rings (SSSR count). The van der Waals surface area contributed by atoms with Crippen molar-refractivity contribution in [3.63, 3.8) is 0 Å². The fourth-order valence-corrected chi connectivity index (χ4v) is 2.82. The van der Waals surface area contributed by atoms with Crippen LogP contribution in [0.25, 0.3) is 11.1 Å². The van der Waals surface area contributed by atoms with Crippen molar-refractivity contribution < 1.29 is 9.18 Å². The molecule has 0 aliphatic carbocycles. The number of fused-ring (bicyclic) bond motifs is 1. The van der Waals surface area contributed by atoms with Crippen molar-refractivity contribution in [2.45, 2.75) is 19.0 Å². The van der Waals surface area contributed by atoms with Gasteiger partial charge in [-0.2, -0.15) is 5.26 Å². The van der Waals surface area contributed by atoms with Crippen LogP contribution in [0.4, 0.5) is 4.39 Å². The lowest BCUT2D eigenvalue weighted by Gasteiger charge is -2.08. The molecule has 1 atom stereocenters. The van der Waals surface area contributed by atoms with Crippen molar-refractivity contribution in [2.24, 2.45) is 5.73 Å². The van der Waals surface area contributed by atoms with Crippen LogP contribution in [0, 0.1) is 17.1 Å². The van der Waals surface area contributed by atoms with Gasteiger partial charge in [-0.05, 0) is 40.5 Å². The maximum absolute atomic E-state index is 14.2. The van der Waals surface area contributed by atoms with Gasteiger partial charge in [-0.25, -0.2) is 4.39 Å². The van der Waals surface area contributed by atoms with E-state index in [1.807, 2.05) is 24.3 Å². The second-order valence-corrected chi connectivity index (χ2v) is 5.78. The summed E-state index contributed by atoms with van der Waals surface area (Å²) in [5.41, 5.74) is 9.23. The Balaban J connectivity index is 1.92. The molecule has 0 radical (unpaired) electrons. The van der Waals surface area contributed by atoms with Gasteiger partial charge in [0.05, 0.1) is 12.1 Å². The van der Waals surface area contributed by atoms with E-state index in [0.29, 0.717) is 17.7 Å². The molecule has 0 aromatic heterocycles. The van der Waals surface area contributed by atoms with Crippen molar-refractivity contribution in [1.29, 1.82) is 5.26 Å². The standard InChI is InChI=1S/C18H16FN3O/c1-22-10-14-6-11(4-5-16(14)18(22)23)12-2-3-13(17(19)8-12)7-15(21)9-20/h2-6,8,15H,7,10,21H2,1H3. The van der Waals surface area contributed by atoms with Crippen LogP contribution in [0.3, 0.4) is 0 Å². The van der Waals surface area contributed by atoms with Crippen molar-refractivity contribution in [2.75, 3.05) is 7.05 Å². The zero-order valence-electron chi connectivity index (χ0n) is 12.7. The molecule has 0 saturated heterocycles. The van der Waals surface area contributed by atoms with E-state index in [1.54, 1.807) is 24.1 Å². The van der Waals surface area contributed by atoms with Gasteiger partial charge < -0.3 is 10.6 Å². The summed E-state index contributed by atoms with van der Waals surface area (Å²) in [7, 11) is 1.76. The zero-order chi connectivity index (χ0) is 16.6. The maximum Gasteiger partial charge on any atom is 0.254 e. The highest BCUT2D eigenvalue weighted by atomic mass is 19.1. The Labute approximate surface area is 133 Å². The molecule has 2 aromatic carbocycles. The van der Waals surface area contributed by atoms with Gasteiger partial charge in [0.2, 0.25) is 0 Å². The lowest BCUT2D eigenvalue weighted by atomic mass is 9.98. The molecular formula is C18H16FN3O. The Bertz CT molecular complexity index is 826. The summed E-state index contributed by atoms with van der Waals surface area (Å²) in [6.45, 7) is 0.569. The van der Waals surface area contributed by atoms with Gasteiger partial charge in [-0.1, -0.05) is 18.2 Å². The minimum absolute atomic E-state index is 0.0126. The molecule has 0 saturated carbocycles. The summed E-state index contributed by atoms with van der Waals surface area (Å²) in [4.78, 5) is 13.6. The number of halogens is 1. The minimum Gasteiger partial charge on any atom is -0.337 e. The smallest absolute Gasteiger partial charge is 0.254 e. The van der Waals surface area contributed by atoms with Crippen LogP contribution >= 0.6 is 0 Å². The van der Waals surface area contributed by atoms with Gasteiger partial charge in [0.25, 0.3) is 5.91 Å². The number of nitrogens with two attached hydrogens (primary N) is 1. The molecule has 0 bridgehead atoms. The molecule has 1 aliphatic rings. The van der Waals surface area contributed by atoms with Gasteiger partial charge in [0.15, 0.2) is 0 Å². The molecule has 1 aliphatic heterocycles. The lowest BCUT2D eigenvalue weighted by molar-refractivity contribution is 0.0816. The summed E-state index contributed by atoms with van der Waals surface area (Å²) in [5.74, 6) is -0.361. The number of hydrogen-bond donors (Lipinski definition) is 1. The van der Waals surface area contributed by atoms with Crippen LogP contribution in [0.5, 0.6) is 0 Å². The average molecular weight is 309 g/mol. The number of carbonyl (C=O) groups is 1. The van der Waals surface area contributed by atoms with Crippen LogP contribution in [0.2, 0.25) is 0 Å². The first-order valence-electron chi connectivity index (χ1n) is 7.32. The fourth-order valence-electron chi connectivity index (χ4n) is 2.82. The molecule has 116 valence electrons. The molecule has 4 nitrogen and oxygen atoms in total. The van der Waals surface area contributed by atoms with E-state index < -0.39 is 6.04 Å². The fraction of sp³-hybridized carbons (Fsp3) is 0.222. The molecule has 2 N–H and O–H groups in total. The van der Waals surface area contributed by atoms with Gasteiger partial charge in [-0.15, -0.1) is 0 Å². The summed E-state index contributed by atoms with van der Waals surface area (Å²) >= 11 is 0. The van der Waals surface area contributed by atoms with E-state index in [9.17, 15) is 9.18 Å². The van der Waals surface area contributed by atoms with E-state index in [0.717, 1.165) is 16.7 Å².